The number of aliphatic carboxylic acids is 1. The summed E-state index contributed by atoms with van der Waals surface area (Å²) in [4.78, 5) is 10.1. The van der Waals surface area contributed by atoms with Gasteiger partial charge in [0.15, 0.2) is 6.10 Å². The van der Waals surface area contributed by atoms with Crippen LogP contribution >= 0.6 is 11.8 Å². The Balaban J connectivity index is 3.17. The summed E-state index contributed by atoms with van der Waals surface area (Å²) in [6, 6.07) is 0. The summed E-state index contributed by atoms with van der Waals surface area (Å²) in [5, 5.41) is 17.1. The van der Waals surface area contributed by atoms with E-state index in [4.69, 9.17) is 10.2 Å². The van der Waals surface area contributed by atoms with Gasteiger partial charge in [0.05, 0.1) is 0 Å². The van der Waals surface area contributed by atoms with Crippen LogP contribution in [0.4, 0.5) is 0 Å². The molecule has 0 aromatic heterocycles. The SMILES string of the molecule is CCCSCCC(O)C(=O)O. The van der Waals surface area contributed by atoms with E-state index < -0.39 is 12.1 Å². The van der Waals surface area contributed by atoms with Gasteiger partial charge in [0.25, 0.3) is 0 Å². The molecule has 0 saturated carbocycles. The van der Waals surface area contributed by atoms with E-state index in [0.717, 1.165) is 17.9 Å². The fraction of sp³-hybridized carbons (Fsp3) is 0.857. The van der Waals surface area contributed by atoms with Gasteiger partial charge in [0, 0.05) is 0 Å². The Morgan fingerprint density at radius 3 is 2.64 bits per heavy atom. The van der Waals surface area contributed by atoms with Crippen molar-refractivity contribution in [3.63, 3.8) is 0 Å². The molecule has 0 aliphatic heterocycles. The molecule has 0 aromatic rings. The van der Waals surface area contributed by atoms with Crippen molar-refractivity contribution in [3.8, 4) is 0 Å². The van der Waals surface area contributed by atoms with Crippen LogP contribution < -0.4 is 0 Å². The van der Waals surface area contributed by atoms with E-state index in [1.54, 1.807) is 11.8 Å². The van der Waals surface area contributed by atoms with Crippen molar-refractivity contribution in [3.05, 3.63) is 0 Å². The Kier molecular flexibility index (Phi) is 6.36. The van der Waals surface area contributed by atoms with E-state index >= 15 is 0 Å². The van der Waals surface area contributed by atoms with Crippen molar-refractivity contribution < 1.29 is 15.0 Å². The zero-order valence-corrected chi connectivity index (χ0v) is 7.43. The van der Waals surface area contributed by atoms with Crippen molar-refractivity contribution >= 4 is 17.7 Å². The molecule has 66 valence electrons. The number of hydrogen-bond acceptors (Lipinski definition) is 3. The third-order valence-corrected chi connectivity index (χ3v) is 2.39. The van der Waals surface area contributed by atoms with Crippen molar-refractivity contribution in [2.45, 2.75) is 25.9 Å². The molecule has 1 atom stereocenters. The first-order chi connectivity index (χ1) is 5.18. The van der Waals surface area contributed by atoms with Crippen LogP contribution in [0.1, 0.15) is 19.8 Å². The molecule has 0 aliphatic carbocycles. The number of rotatable bonds is 6. The van der Waals surface area contributed by atoms with Gasteiger partial charge < -0.3 is 10.2 Å². The molecule has 4 heteroatoms. The summed E-state index contributed by atoms with van der Waals surface area (Å²) in [6.45, 7) is 2.07. The molecule has 11 heavy (non-hydrogen) atoms. The first kappa shape index (κ1) is 10.8. The molecule has 0 aliphatic rings. The van der Waals surface area contributed by atoms with Crippen LogP contribution in [-0.2, 0) is 4.79 Å². The Morgan fingerprint density at radius 1 is 1.55 bits per heavy atom. The van der Waals surface area contributed by atoms with Gasteiger partial charge in [-0.15, -0.1) is 0 Å². The molecule has 0 heterocycles. The summed E-state index contributed by atoms with van der Waals surface area (Å²) in [6.07, 6.45) is 0.257. The van der Waals surface area contributed by atoms with Gasteiger partial charge in [-0.2, -0.15) is 11.8 Å². The molecule has 1 unspecified atom stereocenters. The normalized spacial score (nSPS) is 12.9. The molecule has 0 amide bonds. The van der Waals surface area contributed by atoms with Crippen LogP contribution in [0.2, 0.25) is 0 Å². The number of hydrogen-bond donors (Lipinski definition) is 2. The van der Waals surface area contributed by atoms with Gasteiger partial charge in [-0.25, -0.2) is 4.79 Å². The summed E-state index contributed by atoms with van der Waals surface area (Å²) in [5.41, 5.74) is 0. The maximum Gasteiger partial charge on any atom is 0.332 e. The molecular weight excluding hydrogens is 164 g/mol. The van der Waals surface area contributed by atoms with Crippen molar-refractivity contribution in [2.24, 2.45) is 0 Å². The summed E-state index contributed by atoms with van der Waals surface area (Å²) in [5.74, 6) is 0.635. The number of aliphatic hydroxyl groups is 1. The second kappa shape index (κ2) is 6.49. The predicted molar refractivity (Wildman–Crippen MR) is 45.9 cm³/mol. The number of carbonyl (C=O) groups is 1. The lowest BCUT2D eigenvalue weighted by Crippen LogP contribution is -2.19. The van der Waals surface area contributed by atoms with E-state index in [9.17, 15) is 4.79 Å². The standard InChI is InChI=1S/C7H14O3S/c1-2-4-11-5-3-6(8)7(9)10/h6,8H,2-5H2,1H3,(H,9,10). The van der Waals surface area contributed by atoms with E-state index in [0.29, 0.717) is 6.42 Å². The minimum atomic E-state index is -1.18. The Labute approximate surface area is 70.8 Å². The molecule has 0 fully saturated rings. The maximum atomic E-state index is 10.1. The third-order valence-electron chi connectivity index (χ3n) is 1.17. The van der Waals surface area contributed by atoms with Crippen LogP contribution in [0, 0.1) is 0 Å². The number of thioether (sulfide) groups is 1. The van der Waals surface area contributed by atoms with Crippen molar-refractivity contribution in [1.29, 1.82) is 0 Å². The van der Waals surface area contributed by atoms with Gasteiger partial charge >= 0.3 is 5.97 Å². The van der Waals surface area contributed by atoms with Crippen LogP contribution in [0.25, 0.3) is 0 Å². The average Bonchev–Trinajstić information content (AvgIpc) is 1.97. The molecule has 0 rings (SSSR count). The van der Waals surface area contributed by atoms with Crippen LogP contribution in [0.3, 0.4) is 0 Å². The monoisotopic (exact) mass is 178 g/mol. The molecule has 0 spiro atoms. The Hall–Kier alpha value is -0.220. The third kappa shape index (κ3) is 6.19. The highest BCUT2D eigenvalue weighted by Gasteiger charge is 2.11. The van der Waals surface area contributed by atoms with Gasteiger partial charge in [0.1, 0.15) is 0 Å². The van der Waals surface area contributed by atoms with Crippen LogP contribution in [-0.4, -0.2) is 33.8 Å². The fourth-order valence-electron chi connectivity index (χ4n) is 0.565. The highest BCUT2D eigenvalue weighted by Crippen LogP contribution is 2.06. The Bertz CT molecular complexity index is 116. The fourth-order valence-corrected chi connectivity index (χ4v) is 1.45. The number of aliphatic hydroxyl groups excluding tert-OH is 1. The van der Waals surface area contributed by atoms with Crippen LogP contribution in [0.15, 0.2) is 0 Å². The van der Waals surface area contributed by atoms with Gasteiger partial charge in [-0.3, -0.25) is 0 Å². The highest BCUT2D eigenvalue weighted by molar-refractivity contribution is 7.99. The zero-order chi connectivity index (χ0) is 8.69. The lowest BCUT2D eigenvalue weighted by atomic mass is 10.3. The summed E-state index contributed by atoms with van der Waals surface area (Å²) in [7, 11) is 0. The smallest absolute Gasteiger partial charge is 0.332 e. The first-order valence-electron chi connectivity index (χ1n) is 3.67. The molecule has 0 bridgehead atoms. The van der Waals surface area contributed by atoms with E-state index in [-0.39, 0.29) is 0 Å². The van der Waals surface area contributed by atoms with E-state index in [2.05, 4.69) is 6.92 Å². The second-order valence-corrected chi connectivity index (χ2v) is 3.48. The molecule has 0 aromatic carbocycles. The largest absolute Gasteiger partial charge is 0.479 e. The first-order valence-corrected chi connectivity index (χ1v) is 4.82. The van der Waals surface area contributed by atoms with Gasteiger partial charge in [-0.05, 0) is 24.3 Å². The molecule has 3 nitrogen and oxygen atoms in total. The summed E-state index contributed by atoms with van der Waals surface area (Å²) < 4.78 is 0. The highest BCUT2D eigenvalue weighted by atomic mass is 32.2. The van der Waals surface area contributed by atoms with Gasteiger partial charge in [0.2, 0.25) is 0 Å². The quantitative estimate of drug-likeness (QED) is 0.595. The number of carboxylic acid groups (broad SMARTS) is 1. The minimum Gasteiger partial charge on any atom is -0.479 e. The van der Waals surface area contributed by atoms with Crippen molar-refractivity contribution in [2.75, 3.05) is 11.5 Å². The van der Waals surface area contributed by atoms with Gasteiger partial charge in [-0.1, -0.05) is 6.92 Å². The topological polar surface area (TPSA) is 57.5 Å². The molecule has 2 N–H and O–H groups in total. The van der Waals surface area contributed by atoms with Crippen LogP contribution in [0.5, 0.6) is 0 Å². The molecular formula is C7H14O3S. The van der Waals surface area contributed by atoms with E-state index in [1.807, 2.05) is 0 Å². The summed E-state index contributed by atoms with van der Waals surface area (Å²) >= 11 is 1.68. The van der Waals surface area contributed by atoms with Crippen molar-refractivity contribution in [1.82, 2.24) is 0 Å². The van der Waals surface area contributed by atoms with E-state index in [1.165, 1.54) is 0 Å². The minimum absolute atomic E-state index is 0.347. The molecule has 0 radical (unpaired) electrons. The molecule has 0 saturated heterocycles. The second-order valence-electron chi connectivity index (χ2n) is 2.26. The zero-order valence-electron chi connectivity index (χ0n) is 6.62. The lowest BCUT2D eigenvalue weighted by molar-refractivity contribution is -0.146. The number of carboxylic acids is 1. The maximum absolute atomic E-state index is 10.1. The average molecular weight is 178 g/mol. The predicted octanol–water partition coefficient (Wildman–Crippen LogP) is 0.965. The lowest BCUT2D eigenvalue weighted by Gasteiger charge is -2.03. The Morgan fingerprint density at radius 2 is 2.18 bits per heavy atom.